The van der Waals surface area contributed by atoms with Crippen LogP contribution >= 0.6 is 0 Å². The highest BCUT2D eigenvalue weighted by Crippen LogP contribution is 2.23. The fourth-order valence-electron chi connectivity index (χ4n) is 1.97. The maximum absolute atomic E-state index is 12.5. The molecule has 0 aliphatic rings. The third kappa shape index (κ3) is 4.66. The van der Waals surface area contributed by atoms with Gasteiger partial charge in [-0.1, -0.05) is 11.2 Å². The lowest BCUT2D eigenvalue weighted by Gasteiger charge is -2.22. The molecule has 0 radical (unpaired) electrons. The molecule has 8 nitrogen and oxygen atoms in total. The van der Waals surface area contributed by atoms with Crippen LogP contribution in [0.2, 0.25) is 0 Å². The maximum Gasteiger partial charge on any atom is 0.240 e. The molecular formula is C17H20N4O4. The largest absolute Gasteiger partial charge is 0.360 e. The number of aromatic nitrogens is 1. The summed E-state index contributed by atoms with van der Waals surface area (Å²) in [6.07, 6.45) is 0. The Balaban J connectivity index is 2.07. The Labute approximate surface area is 145 Å². The number of hydrogen-bond acceptors (Lipinski definition) is 5. The predicted octanol–water partition coefficient (Wildman–Crippen LogP) is 2.54. The summed E-state index contributed by atoms with van der Waals surface area (Å²) in [6, 6.07) is 8.21. The first-order valence-electron chi connectivity index (χ1n) is 7.62. The molecule has 0 atom stereocenters. The molecule has 0 fully saturated rings. The number of carbonyl (C=O) groups excluding carboxylic acids is 3. The van der Waals surface area contributed by atoms with Crippen LogP contribution in [0.25, 0.3) is 0 Å². The predicted molar refractivity (Wildman–Crippen MR) is 93.0 cm³/mol. The lowest BCUT2D eigenvalue weighted by Crippen LogP contribution is -2.41. The van der Waals surface area contributed by atoms with Crippen molar-refractivity contribution in [3.05, 3.63) is 36.1 Å². The summed E-state index contributed by atoms with van der Waals surface area (Å²) >= 11 is 0. The van der Waals surface area contributed by atoms with Crippen LogP contribution in [0.5, 0.6) is 0 Å². The first-order chi connectivity index (χ1) is 11.7. The van der Waals surface area contributed by atoms with E-state index in [2.05, 4.69) is 21.1 Å². The van der Waals surface area contributed by atoms with E-state index in [0.29, 0.717) is 17.1 Å². The highest BCUT2D eigenvalue weighted by molar-refractivity contribution is 6.13. The van der Waals surface area contributed by atoms with Gasteiger partial charge in [-0.25, -0.2) is 0 Å². The molecule has 25 heavy (non-hydrogen) atoms. The zero-order valence-corrected chi connectivity index (χ0v) is 14.5. The molecule has 1 aromatic carbocycles. The minimum absolute atomic E-state index is 0.217. The highest BCUT2D eigenvalue weighted by Gasteiger charge is 2.36. The molecule has 2 aromatic rings. The van der Waals surface area contributed by atoms with Crippen LogP contribution in [0, 0.1) is 12.3 Å². The Morgan fingerprint density at radius 3 is 2.16 bits per heavy atom. The molecule has 8 heteroatoms. The molecule has 0 bridgehead atoms. The van der Waals surface area contributed by atoms with E-state index in [9.17, 15) is 14.4 Å². The average molecular weight is 344 g/mol. The van der Waals surface area contributed by atoms with Gasteiger partial charge < -0.3 is 20.5 Å². The standard InChI is InChI=1S/C17H20N4O4/c1-10-8-14(21-25-10)20-16(24)17(3,4)15(23)19-13-7-5-6-12(9-13)18-11(2)22/h5-9H,1-4H3,(H,18,22)(H,19,23)(H,20,21,24). The summed E-state index contributed by atoms with van der Waals surface area (Å²) in [7, 11) is 0. The topological polar surface area (TPSA) is 113 Å². The number of nitrogens with zero attached hydrogens (tertiary/aromatic N) is 1. The van der Waals surface area contributed by atoms with Crippen molar-refractivity contribution in [2.24, 2.45) is 5.41 Å². The van der Waals surface area contributed by atoms with Gasteiger partial charge in [0.2, 0.25) is 17.7 Å². The van der Waals surface area contributed by atoms with E-state index in [4.69, 9.17) is 4.52 Å². The van der Waals surface area contributed by atoms with Gasteiger partial charge in [-0.2, -0.15) is 0 Å². The summed E-state index contributed by atoms with van der Waals surface area (Å²) in [5.41, 5.74) is -0.336. The van der Waals surface area contributed by atoms with Crippen LogP contribution in [0.15, 0.2) is 34.9 Å². The summed E-state index contributed by atoms with van der Waals surface area (Å²) in [4.78, 5) is 36.0. The van der Waals surface area contributed by atoms with Gasteiger partial charge in [0.15, 0.2) is 5.82 Å². The number of aryl methyl sites for hydroxylation is 1. The molecule has 1 aromatic heterocycles. The molecule has 0 saturated heterocycles. The van der Waals surface area contributed by atoms with Crippen molar-refractivity contribution in [2.75, 3.05) is 16.0 Å². The average Bonchev–Trinajstić information content (AvgIpc) is 2.91. The molecule has 0 aliphatic carbocycles. The van der Waals surface area contributed by atoms with Gasteiger partial charge >= 0.3 is 0 Å². The van der Waals surface area contributed by atoms with E-state index in [1.165, 1.54) is 20.8 Å². The van der Waals surface area contributed by atoms with E-state index in [1.54, 1.807) is 37.3 Å². The van der Waals surface area contributed by atoms with Gasteiger partial charge in [0.25, 0.3) is 0 Å². The van der Waals surface area contributed by atoms with E-state index < -0.39 is 17.2 Å². The molecule has 1 heterocycles. The van der Waals surface area contributed by atoms with Crippen LogP contribution in [0.4, 0.5) is 17.2 Å². The van der Waals surface area contributed by atoms with E-state index in [0.717, 1.165) is 0 Å². The molecule has 132 valence electrons. The third-order valence-electron chi connectivity index (χ3n) is 3.45. The van der Waals surface area contributed by atoms with Crippen molar-refractivity contribution in [3.8, 4) is 0 Å². The number of carbonyl (C=O) groups is 3. The van der Waals surface area contributed by atoms with E-state index >= 15 is 0 Å². The Bertz CT molecular complexity index is 810. The van der Waals surface area contributed by atoms with Gasteiger partial charge in [-0.15, -0.1) is 0 Å². The summed E-state index contributed by atoms with van der Waals surface area (Å²) in [5, 5.41) is 11.5. The third-order valence-corrected chi connectivity index (χ3v) is 3.45. The molecular weight excluding hydrogens is 324 g/mol. The monoisotopic (exact) mass is 344 g/mol. The highest BCUT2D eigenvalue weighted by atomic mass is 16.5. The number of rotatable bonds is 5. The molecule has 2 rings (SSSR count). The second kappa shape index (κ2) is 7.16. The Morgan fingerprint density at radius 2 is 1.60 bits per heavy atom. The number of anilines is 3. The smallest absolute Gasteiger partial charge is 0.240 e. The van der Waals surface area contributed by atoms with Crippen LogP contribution in [0.1, 0.15) is 26.5 Å². The summed E-state index contributed by atoms with van der Waals surface area (Å²) in [5.74, 6) is -0.434. The van der Waals surface area contributed by atoms with Gasteiger partial charge in [-0.3, -0.25) is 14.4 Å². The van der Waals surface area contributed by atoms with Crippen LogP contribution in [0.3, 0.4) is 0 Å². The Kier molecular flexibility index (Phi) is 5.21. The van der Waals surface area contributed by atoms with Crippen molar-refractivity contribution >= 4 is 34.9 Å². The first-order valence-corrected chi connectivity index (χ1v) is 7.62. The lowest BCUT2D eigenvalue weighted by molar-refractivity contribution is -0.135. The number of benzene rings is 1. The SMILES string of the molecule is CC(=O)Nc1cccc(NC(=O)C(C)(C)C(=O)Nc2cc(C)on2)c1. The Morgan fingerprint density at radius 1 is 1.00 bits per heavy atom. The van der Waals surface area contributed by atoms with Gasteiger partial charge in [0.1, 0.15) is 11.2 Å². The summed E-state index contributed by atoms with van der Waals surface area (Å²) < 4.78 is 4.88. The molecule has 0 saturated carbocycles. The quantitative estimate of drug-likeness (QED) is 0.721. The van der Waals surface area contributed by atoms with Gasteiger partial charge in [0, 0.05) is 24.4 Å². The number of amides is 3. The van der Waals surface area contributed by atoms with Crippen molar-refractivity contribution in [2.45, 2.75) is 27.7 Å². The molecule has 0 aliphatic heterocycles. The molecule has 3 N–H and O–H groups in total. The second-order valence-electron chi connectivity index (χ2n) is 6.12. The fraction of sp³-hybridized carbons (Fsp3) is 0.294. The van der Waals surface area contributed by atoms with Crippen LogP contribution in [-0.4, -0.2) is 22.9 Å². The van der Waals surface area contributed by atoms with Gasteiger partial charge in [0.05, 0.1) is 0 Å². The van der Waals surface area contributed by atoms with Crippen molar-refractivity contribution in [3.63, 3.8) is 0 Å². The van der Waals surface area contributed by atoms with Crippen molar-refractivity contribution in [1.82, 2.24) is 5.16 Å². The zero-order chi connectivity index (χ0) is 18.6. The van der Waals surface area contributed by atoms with E-state index in [-0.39, 0.29) is 11.7 Å². The fourth-order valence-corrected chi connectivity index (χ4v) is 1.97. The first kappa shape index (κ1) is 18.2. The van der Waals surface area contributed by atoms with E-state index in [1.807, 2.05) is 0 Å². The number of hydrogen-bond donors (Lipinski definition) is 3. The minimum Gasteiger partial charge on any atom is -0.360 e. The van der Waals surface area contributed by atoms with Crippen LogP contribution in [-0.2, 0) is 14.4 Å². The molecule has 3 amide bonds. The lowest BCUT2D eigenvalue weighted by atomic mass is 9.91. The van der Waals surface area contributed by atoms with Crippen LogP contribution < -0.4 is 16.0 Å². The van der Waals surface area contributed by atoms with Crippen molar-refractivity contribution < 1.29 is 18.9 Å². The van der Waals surface area contributed by atoms with Gasteiger partial charge in [-0.05, 0) is 39.0 Å². The van der Waals surface area contributed by atoms with Crippen molar-refractivity contribution in [1.29, 1.82) is 0 Å². The zero-order valence-electron chi connectivity index (χ0n) is 14.5. The summed E-state index contributed by atoms with van der Waals surface area (Å²) in [6.45, 7) is 6.09. The number of nitrogens with one attached hydrogen (secondary N) is 3. The maximum atomic E-state index is 12.5. The normalized spacial score (nSPS) is 10.9. The minimum atomic E-state index is -1.35. The molecule has 0 spiro atoms. The molecule has 0 unspecified atom stereocenters. The Hall–Kier alpha value is -3.16. The second-order valence-corrected chi connectivity index (χ2v) is 6.12.